The molecule has 0 fully saturated rings. The lowest BCUT2D eigenvalue weighted by molar-refractivity contribution is 0.0412. The normalized spacial score (nSPS) is 12.5. The van der Waals surface area contributed by atoms with Gasteiger partial charge in [-0.1, -0.05) is 167 Å². The van der Waals surface area contributed by atoms with Gasteiger partial charge >= 0.3 is 11.9 Å². The monoisotopic (exact) mass is 634 g/mol. The summed E-state index contributed by atoms with van der Waals surface area (Å²) < 4.78 is 12.0. The van der Waals surface area contributed by atoms with Crippen LogP contribution in [-0.4, -0.2) is 25.2 Å². The van der Waals surface area contributed by atoms with E-state index in [1.165, 1.54) is 89.9 Å². The molecule has 4 nitrogen and oxygen atoms in total. The lowest BCUT2D eigenvalue weighted by Gasteiger charge is -2.19. The summed E-state index contributed by atoms with van der Waals surface area (Å²) in [7, 11) is 0. The summed E-state index contributed by atoms with van der Waals surface area (Å²) in [6.45, 7) is 9.84. The first kappa shape index (κ1) is 39.6. The van der Waals surface area contributed by atoms with Crippen molar-refractivity contribution >= 4 is 11.9 Å². The van der Waals surface area contributed by atoms with Gasteiger partial charge in [0, 0.05) is 0 Å². The molecule has 46 heavy (non-hydrogen) atoms. The number of esters is 2. The van der Waals surface area contributed by atoms with Gasteiger partial charge in [-0.25, -0.2) is 9.59 Å². The van der Waals surface area contributed by atoms with Crippen molar-refractivity contribution in [3.8, 4) is 11.1 Å². The Balaban J connectivity index is 2.10. The molecule has 0 aromatic heterocycles. The van der Waals surface area contributed by atoms with Gasteiger partial charge in [-0.05, 0) is 60.8 Å². The second-order valence-corrected chi connectivity index (χ2v) is 13.4. The SMILES string of the molecule is CCCCCCCCC(CCCCCC)COC(=O)c1ccccc1-c1ccccc1C(=O)OCC(CCCC)CCCCCC. The maximum Gasteiger partial charge on any atom is 0.338 e. The summed E-state index contributed by atoms with van der Waals surface area (Å²) in [6.07, 6.45) is 24.2. The highest BCUT2D eigenvalue weighted by Gasteiger charge is 2.22. The van der Waals surface area contributed by atoms with Crippen molar-refractivity contribution in [3.63, 3.8) is 0 Å². The number of carbonyl (C=O) groups excluding carboxylic acids is 2. The molecular formula is C42H66O4. The average molecular weight is 635 g/mol. The molecule has 2 unspecified atom stereocenters. The Bertz CT molecular complexity index is 1080. The number of rotatable bonds is 27. The zero-order valence-corrected chi connectivity index (χ0v) is 30.0. The van der Waals surface area contributed by atoms with E-state index in [1.807, 2.05) is 48.5 Å². The average Bonchev–Trinajstić information content (AvgIpc) is 3.09. The topological polar surface area (TPSA) is 52.6 Å². The van der Waals surface area contributed by atoms with E-state index in [4.69, 9.17) is 9.47 Å². The predicted octanol–water partition coefficient (Wildman–Crippen LogP) is 12.8. The molecule has 2 aromatic rings. The molecule has 4 heteroatoms. The predicted molar refractivity (Wildman–Crippen MR) is 194 cm³/mol. The van der Waals surface area contributed by atoms with Gasteiger partial charge < -0.3 is 9.47 Å². The fourth-order valence-electron chi connectivity index (χ4n) is 6.38. The van der Waals surface area contributed by atoms with Gasteiger partial charge in [-0.15, -0.1) is 0 Å². The lowest BCUT2D eigenvalue weighted by atomic mass is 9.94. The van der Waals surface area contributed by atoms with Crippen molar-refractivity contribution in [2.24, 2.45) is 11.8 Å². The van der Waals surface area contributed by atoms with Crippen LogP contribution in [-0.2, 0) is 9.47 Å². The Morgan fingerprint density at radius 1 is 0.457 bits per heavy atom. The highest BCUT2D eigenvalue weighted by atomic mass is 16.5. The van der Waals surface area contributed by atoms with Gasteiger partial charge in [0.05, 0.1) is 24.3 Å². The molecule has 0 bridgehead atoms. The molecule has 2 atom stereocenters. The quantitative estimate of drug-likeness (QED) is 0.0724. The molecule has 0 aliphatic rings. The van der Waals surface area contributed by atoms with Gasteiger partial charge in [0.1, 0.15) is 0 Å². The van der Waals surface area contributed by atoms with E-state index in [1.54, 1.807) is 0 Å². The number of unbranched alkanes of at least 4 members (excludes halogenated alkanes) is 12. The van der Waals surface area contributed by atoms with Crippen molar-refractivity contribution in [2.75, 3.05) is 13.2 Å². The van der Waals surface area contributed by atoms with E-state index in [-0.39, 0.29) is 11.9 Å². The Kier molecular flexibility index (Phi) is 21.9. The summed E-state index contributed by atoms with van der Waals surface area (Å²) in [6, 6.07) is 15.0. The third-order valence-corrected chi connectivity index (χ3v) is 9.35. The summed E-state index contributed by atoms with van der Waals surface area (Å²) in [5.74, 6) is 0.150. The first-order valence-electron chi connectivity index (χ1n) is 19.1. The molecule has 0 aliphatic heterocycles. The van der Waals surface area contributed by atoms with Crippen LogP contribution in [0.1, 0.15) is 177 Å². The second kappa shape index (κ2) is 25.5. The fraction of sp³-hybridized carbons (Fsp3) is 0.667. The minimum atomic E-state index is -0.320. The molecule has 0 saturated carbocycles. The molecule has 0 spiro atoms. The summed E-state index contributed by atoms with van der Waals surface area (Å²) in [5.41, 5.74) is 2.44. The van der Waals surface area contributed by atoms with E-state index >= 15 is 0 Å². The first-order chi connectivity index (χ1) is 22.5. The Morgan fingerprint density at radius 3 is 1.20 bits per heavy atom. The van der Waals surface area contributed by atoms with Crippen LogP contribution in [0.2, 0.25) is 0 Å². The number of benzene rings is 2. The minimum Gasteiger partial charge on any atom is -0.462 e. The molecule has 0 heterocycles. The van der Waals surface area contributed by atoms with Gasteiger partial charge in [0.2, 0.25) is 0 Å². The number of ether oxygens (including phenoxy) is 2. The van der Waals surface area contributed by atoms with Crippen LogP contribution < -0.4 is 0 Å². The number of hydrogen-bond donors (Lipinski definition) is 0. The molecule has 2 aromatic carbocycles. The van der Waals surface area contributed by atoms with Crippen LogP contribution >= 0.6 is 0 Å². The second-order valence-electron chi connectivity index (χ2n) is 13.4. The smallest absolute Gasteiger partial charge is 0.338 e. The Morgan fingerprint density at radius 2 is 0.783 bits per heavy atom. The first-order valence-corrected chi connectivity index (χ1v) is 19.1. The standard InChI is InChI=1S/C42H66O4/c1-5-9-13-16-17-20-28-36(27-19-15-11-7-3)34-46-42(44)40-32-24-22-30-38(40)37-29-21-23-31-39(37)41(43)45-33-35(25-12-8-4)26-18-14-10-6-2/h21-24,29-32,35-36H,5-20,25-28,33-34H2,1-4H3. The molecule has 0 amide bonds. The third-order valence-electron chi connectivity index (χ3n) is 9.35. The van der Waals surface area contributed by atoms with Crippen molar-refractivity contribution in [1.29, 1.82) is 0 Å². The number of carbonyl (C=O) groups is 2. The largest absolute Gasteiger partial charge is 0.462 e. The zero-order chi connectivity index (χ0) is 33.2. The van der Waals surface area contributed by atoms with Crippen LogP contribution in [0.5, 0.6) is 0 Å². The van der Waals surface area contributed by atoms with Crippen LogP contribution in [0.25, 0.3) is 11.1 Å². The van der Waals surface area contributed by atoms with Gasteiger partial charge in [0.15, 0.2) is 0 Å². The van der Waals surface area contributed by atoms with Crippen LogP contribution in [0.4, 0.5) is 0 Å². The summed E-state index contributed by atoms with van der Waals surface area (Å²) in [5, 5.41) is 0. The molecule has 2 rings (SSSR count). The van der Waals surface area contributed by atoms with Gasteiger partial charge in [-0.2, -0.15) is 0 Å². The molecule has 0 saturated heterocycles. The molecular weight excluding hydrogens is 568 g/mol. The summed E-state index contributed by atoms with van der Waals surface area (Å²) in [4.78, 5) is 27.1. The van der Waals surface area contributed by atoms with Crippen molar-refractivity contribution < 1.29 is 19.1 Å². The minimum absolute atomic E-state index is 0.313. The van der Waals surface area contributed by atoms with Crippen molar-refractivity contribution in [3.05, 3.63) is 59.7 Å². The van der Waals surface area contributed by atoms with Crippen molar-refractivity contribution in [2.45, 2.75) is 156 Å². The lowest BCUT2D eigenvalue weighted by Crippen LogP contribution is -2.17. The molecule has 0 N–H and O–H groups in total. The fourth-order valence-corrected chi connectivity index (χ4v) is 6.38. The van der Waals surface area contributed by atoms with Gasteiger partial charge in [0.25, 0.3) is 0 Å². The van der Waals surface area contributed by atoms with Gasteiger partial charge in [-0.3, -0.25) is 0 Å². The maximum atomic E-state index is 13.6. The molecule has 0 radical (unpaired) electrons. The Hall–Kier alpha value is -2.62. The van der Waals surface area contributed by atoms with Crippen molar-refractivity contribution in [1.82, 2.24) is 0 Å². The van der Waals surface area contributed by atoms with Crippen LogP contribution in [0, 0.1) is 11.8 Å². The van der Waals surface area contributed by atoms with E-state index in [0.29, 0.717) is 36.2 Å². The third kappa shape index (κ3) is 15.8. The number of hydrogen-bond acceptors (Lipinski definition) is 4. The highest BCUT2D eigenvalue weighted by Crippen LogP contribution is 2.29. The van der Waals surface area contributed by atoms with E-state index in [0.717, 1.165) is 49.7 Å². The highest BCUT2D eigenvalue weighted by molar-refractivity contribution is 6.03. The van der Waals surface area contributed by atoms with Crippen LogP contribution in [0.3, 0.4) is 0 Å². The van der Waals surface area contributed by atoms with E-state index in [9.17, 15) is 9.59 Å². The molecule has 258 valence electrons. The van der Waals surface area contributed by atoms with E-state index in [2.05, 4.69) is 27.7 Å². The summed E-state index contributed by atoms with van der Waals surface area (Å²) >= 11 is 0. The van der Waals surface area contributed by atoms with E-state index < -0.39 is 0 Å². The Labute approximate surface area is 282 Å². The zero-order valence-electron chi connectivity index (χ0n) is 30.0. The molecule has 0 aliphatic carbocycles. The van der Waals surface area contributed by atoms with Crippen LogP contribution in [0.15, 0.2) is 48.5 Å². The maximum absolute atomic E-state index is 13.6.